The number of hydrogen-bond acceptors (Lipinski definition) is 18. The molecule has 0 aromatic heterocycles. The van der Waals surface area contributed by atoms with E-state index in [0.29, 0.717) is 66.1 Å². The van der Waals surface area contributed by atoms with Crippen LogP contribution >= 0.6 is 0 Å². The number of nitrogens with one attached hydrogen (secondary N) is 8. The summed E-state index contributed by atoms with van der Waals surface area (Å²) in [4.78, 5) is 178. The van der Waals surface area contributed by atoms with Gasteiger partial charge < -0.3 is 52.3 Å². The van der Waals surface area contributed by atoms with Crippen molar-refractivity contribution >= 4 is 137 Å². The largest absolute Gasteiger partial charge is 0.385 e. The SMILES string of the molecule is CCCCCCNc1ccc2c3c(cccc13)C(=O)N(CCNC(=O)CCN(CCC(=O)NCCN1C(=O)c3cccc4c(NCCCCCC)ccc(c34)C1=O)CCN(CCC(=O)NCCN1C(=O)c3cccc4c(NCCCCCC)ccc(c34)C1=O)CCC(=O)NCCN1C(=O)c3cccc4c(NCCCCCC)ccc(c34)C1=O)C2=O. The number of benzene rings is 8. The first kappa shape index (κ1) is 87.7. The summed E-state index contributed by atoms with van der Waals surface area (Å²) in [5, 5.41) is 31.0. The van der Waals surface area contributed by atoms with Crippen molar-refractivity contribution in [3.63, 3.8) is 0 Å². The third kappa shape index (κ3) is 21.0. The Morgan fingerprint density at radius 2 is 0.458 bits per heavy atom. The van der Waals surface area contributed by atoms with Crippen molar-refractivity contribution < 1.29 is 57.5 Å². The minimum absolute atomic E-state index is 0.0557. The van der Waals surface area contributed by atoms with Crippen LogP contribution in [0.3, 0.4) is 0 Å². The molecule has 634 valence electrons. The summed E-state index contributed by atoms with van der Waals surface area (Å²) in [6.07, 6.45) is 16.9. The first-order valence-electron chi connectivity index (χ1n) is 43.6. The van der Waals surface area contributed by atoms with E-state index < -0.39 is 70.9 Å². The van der Waals surface area contributed by atoms with Gasteiger partial charge in [-0.2, -0.15) is 0 Å². The first-order chi connectivity index (χ1) is 58.4. The fourth-order valence-corrected chi connectivity index (χ4v) is 16.7. The van der Waals surface area contributed by atoms with Gasteiger partial charge in [-0.05, 0) is 98.5 Å². The molecule has 4 heterocycles. The van der Waals surface area contributed by atoms with Crippen molar-refractivity contribution in [2.75, 3.05) is 139 Å². The lowest BCUT2D eigenvalue weighted by Crippen LogP contribution is -2.46. The second-order valence-corrected chi connectivity index (χ2v) is 31.6. The Kier molecular flexibility index (Phi) is 31.3. The van der Waals surface area contributed by atoms with Crippen LogP contribution in [0.2, 0.25) is 0 Å². The molecule has 0 spiro atoms. The molecule has 120 heavy (non-hydrogen) atoms. The van der Waals surface area contributed by atoms with E-state index in [1.807, 2.05) is 58.3 Å². The second-order valence-electron chi connectivity index (χ2n) is 31.6. The summed E-state index contributed by atoms with van der Waals surface area (Å²) in [5.74, 6) is -5.40. The van der Waals surface area contributed by atoms with Crippen LogP contribution in [0.15, 0.2) is 121 Å². The van der Waals surface area contributed by atoms with Gasteiger partial charge in [0, 0.05) is 254 Å². The molecule has 0 radical (unpaired) electrons. The Labute approximate surface area is 702 Å². The molecule has 4 aliphatic heterocycles. The number of nitrogens with zero attached hydrogens (tertiary/aromatic N) is 6. The third-order valence-electron chi connectivity index (χ3n) is 23.3. The average molecular weight is 1630 g/mol. The lowest BCUT2D eigenvalue weighted by molar-refractivity contribution is -0.123. The normalized spacial score (nSPS) is 13.6. The van der Waals surface area contributed by atoms with E-state index in [4.69, 9.17) is 0 Å². The number of imide groups is 4. The van der Waals surface area contributed by atoms with E-state index in [2.05, 4.69) is 70.2 Å². The molecule has 0 atom stereocenters. The number of hydrogen-bond donors (Lipinski definition) is 8. The number of carbonyl (C=O) groups excluding carboxylic acids is 12. The van der Waals surface area contributed by atoms with E-state index in [1.54, 1.807) is 72.8 Å². The number of unbranched alkanes of at least 4 members (excludes halogenated alkanes) is 12. The van der Waals surface area contributed by atoms with Crippen LogP contribution in [0.1, 0.15) is 239 Å². The minimum atomic E-state index is -0.473. The molecule has 8 N–H and O–H groups in total. The van der Waals surface area contributed by atoms with Gasteiger partial charge in [-0.1, -0.05) is 153 Å². The van der Waals surface area contributed by atoms with Crippen LogP contribution in [0.4, 0.5) is 22.7 Å². The molecule has 26 nitrogen and oxygen atoms in total. The molecular weight excluding hydrogens is 1520 g/mol. The van der Waals surface area contributed by atoms with E-state index in [0.717, 1.165) is 193 Å². The van der Waals surface area contributed by atoms with E-state index in [9.17, 15) is 57.5 Å². The fourth-order valence-electron chi connectivity index (χ4n) is 16.7. The Hall–Kier alpha value is -11.6. The molecular formula is C94H116N14O12. The van der Waals surface area contributed by atoms with Gasteiger partial charge >= 0.3 is 0 Å². The van der Waals surface area contributed by atoms with Gasteiger partial charge in [-0.3, -0.25) is 77.1 Å². The summed E-state index contributed by atoms with van der Waals surface area (Å²) in [7, 11) is 0. The molecule has 0 saturated heterocycles. The number of rotatable bonds is 51. The van der Waals surface area contributed by atoms with Crippen LogP contribution < -0.4 is 42.5 Å². The first-order valence-corrected chi connectivity index (χ1v) is 43.6. The molecule has 0 unspecified atom stereocenters. The highest BCUT2D eigenvalue weighted by Crippen LogP contribution is 2.39. The predicted octanol–water partition coefficient (Wildman–Crippen LogP) is 13.4. The fraction of sp³-hybridized carbons (Fsp3) is 0.447. The monoisotopic (exact) mass is 1630 g/mol. The second kappa shape index (κ2) is 42.8. The molecule has 12 amide bonds. The highest BCUT2D eigenvalue weighted by Gasteiger charge is 2.38. The van der Waals surface area contributed by atoms with Gasteiger partial charge in [0.25, 0.3) is 47.3 Å². The zero-order valence-electron chi connectivity index (χ0n) is 70.0. The van der Waals surface area contributed by atoms with E-state index >= 15 is 0 Å². The molecule has 26 heteroatoms. The molecule has 0 aliphatic carbocycles. The molecule has 12 rings (SSSR count). The molecule has 0 bridgehead atoms. The molecule has 0 fully saturated rings. The van der Waals surface area contributed by atoms with Crippen LogP contribution in [0, 0.1) is 0 Å². The zero-order valence-corrected chi connectivity index (χ0v) is 70.0. The Morgan fingerprint density at radius 3 is 0.667 bits per heavy atom. The average Bonchev–Trinajstić information content (AvgIpc) is 0.760. The quantitative estimate of drug-likeness (QED) is 0.0130. The Bertz CT molecular complexity index is 4430. The lowest BCUT2D eigenvalue weighted by Gasteiger charge is -2.29. The van der Waals surface area contributed by atoms with Gasteiger partial charge in [-0.25, -0.2) is 0 Å². The van der Waals surface area contributed by atoms with Gasteiger partial charge in [0.15, 0.2) is 0 Å². The van der Waals surface area contributed by atoms with Crippen molar-refractivity contribution in [1.82, 2.24) is 50.7 Å². The zero-order chi connectivity index (χ0) is 84.6. The topological polar surface area (TPSA) is 321 Å². The highest BCUT2D eigenvalue weighted by atomic mass is 16.2. The van der Waals surface area contributed by atoms with Crippen molar-refractivity contribution in [1.29, 1.82) is 0 Å². The molecule has 0 saturated carbocycles. The lowest BCUT2D eigenvalue weighted by atomic mass is 9.93. The van der Waals surface area contributed by atoms with Crippen LogP contribution in [0.25, 0.3) is 43.1 Å². The van der Waals surface area contributed by atoms with Crippen molar-refractivity contribution in [2.24, 2.45) is 0 Å². The maximum absolute atomic E-state index is 14.2. The highest BCUT2D eigenvalue weighted by molar-refractivity contribution is 6.30. The van der Waals surface area contributed by atoms with Crippen molar-refractivity contribution in [3.05, 3.63) is 166 Å². The van der Waals surface area contributed by atoms with Gasteiger partial charge in [-0.15, -0.1) is 0 Å². The summed E-state index contributed by atoms with van der Waals surface area (Å²) in [6, 6.07) is 36.0. The predicted molar refractivity (Wildman–Crippen MR) is 471 cm³/mol. The Morgan fingerprint density at radius 1 is 0.250 bits per heavy atom. The standard InChI is InChI=1S/C94H116N14O12/c1-5-9-13-17-45-95-75-37-33-71-83-63(75)25-21-29-67(83)87(113)105(91(71)117)57-49-99-79(109)41-53-103(54-42-80(110)100-50-58-106-88(114)68-30-22-26-64-76(96-46-18-14-10-6-2)38-34-72(84(64)68)92(106)118)61-62-104(55-43-81(111)101-51-59-107-89(115)69-31-23-27-65-77(97-47-19-15-11-7-3)39-35-73(85(65)69)93(107)119)56-44-82(112)102-52-60-108-90(116)70-32-24-28-66-78(98-48-20-16-12-8-4)40-36-74(86(66)70)94(108)120/h21-40,95-98H,5-20,41-62H2,1-4H3,(H,99,109)(H,100,110)(H,101,111)(H,102,112). The molecule has 8 aromatic carbocycles. The van der Waals surface area contributed by atoms with Gasteiger partial charge in [0.1, 0.15) is 0 Å². The minimum Gasteiger partial charge on any atom is -0.385 e. The number of carbonyl (C=O) groups is 12. The maximum atomic E-state index is 14.2. The van der Waals surface area contributed by atoms with Crippen molar-refractivity contribution in [2.45, 2.75) is 156 Å². The number of amides is 12. The molecule has 4 aliphatic rings. The van der Waals surface area contributed by atoms with Gasteiger partial charge in [0.2, 0.25) is 23.6 Å². The third-order valence-corrected chi connectivity index (χ3v) is 23.3. The summed E-state index contributed by atoms with van der Waals surface area (Å²) in [5.41, 5.74) is 6.44. The summed E-state index contributed by atoms with van der Waals surface area (Å²) >= 11 is 0. The smallest absolute Gasteiger partial charge is 0.261 e. The van der Waals surface area contributed by atoms with E-state index in [-0.39, 0.29) is 117 Å². The van der Waals surface area contributed by atoms with Crippen LogP contribution in [0.5, 0.6) is 0 Å². The van der Waals surface area contributed by atoms with Crippen LogP contribution in [-0.2, 0) is 19.2 Å². The van der Waals surface area contributed by atoms with E-state index in [1.165, 1.54) is 0 Å². The van der Waals surface area contributed by atoms with Crippen molar-refractivity contribution in [3.8, 4) is 0 Å². The summed E-state index contributed by atoms with van der Waals surface area (Å²) in [6.45, 7) is 11.8. The maximum Gasteiger partial charge on any atom is 0.261 e. The number of anilines is 4. The van der Waals surface area contributed by atoms with Crippen LogP contribution in [-0.4, -0.2) is 218 Å². The Balaban J connectivity index is 0.709. The molecule has 8 aromatic rings. The van der Waals surface area contributed by atoms with Gasteiger partial charge in [0.05, 0.1) is 0 Å². The summed E-state index contributed by atoms with van der Waals surface area (Å²) < 4.78 is 0.